The third-order valence-corrected chi connectivity index (χ3v) is 11.3. The van der Waals surface area contributed by atoms with Gasteiger partial charge in [-0.25, -0.2) is 29.9 Å². The lowest BCUT2D eigenvalue weighted by Gasteiger charge is -2.40. The van der Waals surface area contributed by atoms with Crippen molar-refractivity contribution < 1.29 is 9.13 Å². The van der Waals surface area contributed by atoms with Crippen LogP contribution >= 0.6 is 0 Å². The number of anilines is 2. The van der Waals surface area contributed by atoms with Crippen molar-refractivity contribution in [3.8, 4) is 40.0 Å². The van der Waals surface area contributed by atoms with E-state index >= 15 is 0 Å². The first-order valence-electron chi connectivity index (χ1n) is 19.3. The molecule has 0 spiro atoms. The van der Waals surface area contributed by atoms with Crippen molar-refractivity contribution in [2.45, 2.75) is 102 Å². The summed E-state index contributed by atoms with van der Waals surface area (Å²) in [6.07, 6.45) is 21.8. The van der Waals surface area contributed by atoms with Crippen LogP contribution in [0.5, 0.6) is 5.88 Å². The van der Waals surface area contributed by atoms with Gasteiger partial charge in [0, 0.05) is 47.7 Å². The lowest BCUT2D eigenvalue weighted by molar-refractivity contribution is 0.398. The highest BCUT2D eigenvalue weighted by Crippen LogP contribution is 2.44. The molecule has 0 aromatic carbocycles. The van der Waals surface area contributed by atoms with Gasteiger partial charge in [0.2, 0.25) is 11.8 Å². The first-order chi connectivity index (χ1) is 27.1. The fraction of sp³-hybridized carbons (Fsp3) is 0.436. The lowest BCUT2D eigenvalue weighted by atomic mass is 10.0. The highest BCUT2D eigenvalue weighted by atomic mass is 19.1. The van der Waals surface area contributed by atoms with Crippen LogP contribution in [-0.2, 0) is 0 Å². The second kappa shape index (κ2) is 14.7. The first kappa shape index (κ1) is 34.8. The summed E-state index contributed by atoms with van der Waals surface area (Å²) in [4.78, 5) is 31.7. The Morgan fingerprint density at radius 1 is 0.673 bits per heavy atom. The Kier molecular flexibility index (Phi) is 9.32. The Hall–Kier alpha value is -5.93. The zero-order valence-corrected chi connectivity index (χ0v) is 31.2. The Morgan fingerprint density at radius 2 is 1.16 bits per heavy atom. The molecule has 2 aliphatic heterocycles. The molecule has 4 aliphatic rings. The van der Waals surface area contributed by atoms with Crippen molar-refractivity contribution in [2.75, 3.05) is 16.9 Å². The molecule has 0 radical (unpaired) electrons. The van der Waals surface area contributed by atoms with Crippen LogP contribution in [0.15, 0.2) is 61.7 Å². The van der Waals surface area contributed by atoms with E-state index in [4.69, 9.17) is 14.7 Å². The SMILES string of the molecule is CC[C@@H]1c2nncn2-c2cnc(-c3ccnc(F)c3)nc2N1C1CCCC1.CC[C@@H]1c2nncn2-c2cnc(-c3ccnc(OC)c3)nc2N1C1CCCC1. The number of pyridine rings is 2. The van der Waals surface area contributed by atoms with Crippen molar-refractivity contribution in [2.24, 2.45) is 0 Å². The molecule has 0 N–H and O–H groups in total. The van der Waals surface area contributed by atoms with Gasteiger partial charge in [0.15, 0.2) is 34.9 Å². The van der Waals surface area contributed by atoms with Gasteiger partial charge in [0.05, 0.1) is 31.6 Å². The molecule has 16 heteroatoms. The fourth-order valence-electron chi connectivity index (χ4n) is 8.77. The maximum atomic E-state index is 13.6. The zero-order valence-electron chi connectivity index (χ0n) is 31.2. The molecule has 55 heavy (non-hydrogen) atoms. The Balaban J connectivity index is 0.000000144. The quantitative estimate of drug-likeness (QED) is 0.157. The van der Waals surface area contributed by atoms with E-state index in [1.165, 1.54) is 50.8 Å². The van der Waals surface area contributed by atoms with Crippen molar-refractivity contribution in [1.82, 2.24) is 59.4 Å². The molecule has 15 nitrogen and oxygen atoms in total. The molecule has 0 bridgehead atoms. The van der Waals surface area contributed by atoms with E-state index < -0.39 is 5.95 Å². The van der Waals surface area contributed by atoms with Crippen LogP contribution < -0.4 is 14.5 Å². The van der Waals surface area contributed by atoms with Gasteiger partial charge < -0.3 is 14.5 Å². The minimum Gasteiger partial charge on any atom is -0.481 e. The molecule has 282 valence electrons. The van der Waals surface area contributed by atoms with Gasteiger partial charge >= 0.3 is 0 Å². The van der Waals surface area contributed by atoms with Crippen LogP contribution in [0, 0.1) is 5.95 Å². The van der Waals surface area contributed by atoms with E-state index in [0.29, 0.717) is 35.2 Å². The Morgan fingerprint density at radius 3 is 1.64 bits per heavy atom. The summed E-state index contributed by atoms with van der Waals surface area (Å²) < 4.78 is 22.9. The van der Waals surface area contributed by atoms with E-state index in [2.05, 4.69) is 64.0 Å². The van der Waals surface area contributed by atoms with Gasteiger partial charge in [0.25, 0.3) is 0 Å². The molecule has 0 saturated heterocycles. The average molecular weight is 743 g/mol. The average Bonchev–Trinajstić information content (AvgIpc) is 4.08. The Bertz CT molecular complexity index is 2300. The molecular weight excluding hydrogens is 700 g/mol. The predicted octanol–water partition coefficient (Wildman–Crippen LogP) is 6.81. The number of aromatic nitrogens is 12. The topological polar surface area (TPSA) is 154 Å². The minimum atomic E-state index is -0.533. The molecule has 2 atom stereocenters. The van der Waals surface area contributed by atoms with E-state index in [1.54, 1.807) is 38.2 Å². The maximum Gasteiger partial charge on any atom is 0.213 e. The summed E-state index contributed by atoms with van der Waals surface area (Å²) in [6, 6.07) is 8.08. The molecule has 0 unspecified atom stereocenters. The second-order valence-electron chi connectivity index (χ2n) is 14.4. The van der Waals surface area contributed by atoms with Crippen LogP contribution in [0.1, 0.15) is 102 Å². The standard InChI is InChI=1S/C20H23N7O.C19H20FN7/c1-3-15-20-25-23-12-26(20)16-11-22-18(13-8-9-21-17(10-13)28-2)24-19(16)27(15)14-6-4-5-7-14;1-2-14-19-25-23-11-26(19)15-10-22-17(12-7-8-21-16(20)9-12)24-18(15)27(14)13-5-3-4-6-13/h8-12,14-15H,3-7H2,1-2H3;7-11,13-14H,2-6H2,1H3/t15-;14-/m11/s1. The van der Waals surface area contributed by atoms with E-state index in [0.717, 1.165) is 65.9 Å². The number of hydrogen-bond acceptors (Lipinski definition) is 13. The number of methoxy groups -OCH3 is 1. The van der Waals surface area contributed by atoms with Crippen LogP contribution in [0.4, 0.5) is 16.0 Å². The van der Waals surface area contributed by atoms with Crippen molar-refractivity contribution in [1.29, 1.82) is 0 Å². The smallest absolute Gasteiger partial charge is 0.213 e. The van der Waals surface area contributed by atoms with Gasteiger partial charge in [-0.2, -0.15) is 4.39 Å². The summed E-state index contributed by atoms with van der Waals surface area (Å²) in [6.45, 7) is 4.36. The van der Waals surface area contributed by atoms with Crippen LogP contribution in [-0.4, -0.2) is 78.6 Å². The molecule has 2 aliphatic carbocycles. The molecule has 8 heterocycles. The van der Waals surface area contributed by atoms with E-state index in [9.17, 15) is 4.39 Å². The molecule has 0 amide bonds. The maximum absolute atomic E-state index is 13.6. The number of ether oxygens (including phenoxy) is 1. The molecule has 2 saturated carbocycles. The third kappa shape index (κ3) is 6.22. The van der Waals surface area contributed by atoms with Crippen molar-refractivity contribution in [3.63, 3.8) is 0 Å². The van der Waals surface area contributed by atoms with Crippen molar-refractivity contribution >= 4 is 11.6 Å². The molecule has 6 aromatic rings. The summed E-state index contributed by atoms with van der Waals surface area (Å²) in [7, 11) is 1.61. The monoisotopic (exact) mass is 742 g/mol. The van der Waals surface area contributed by atoms with Gasteiger partial charge in [-0.1, -0.05) is 39.5 Å². The normalized spacial score (nSPS) is 19.0. The van der Waals surface area contributed by atoms with Gasteiger partial charge in [0.1, 0.15) is 24.0 Å². The first-order valence-corrected chi connectivity index (χ1v) is 19.3. The number of rotatable bonds is 7. The molecule has 2 fully saturated rings. The molecule has 6 aromatic heterocycles. The number of nitrogens with zero attached hydrogens (tertiary/aromatic N) is 14. The summed E-state index contributed by atoms with van der Waals surface area (Å²) in [5, 5.41) is 17.1. The number of hydrogen-bond donors (Lipinski definition) is 0. The van der Waals surface area contributed by atoms with Gasteiger partial charge in [-0.15, -0.1) is 20.4 Å². The lowest BCUT2D eigenvalue weighted by Crippen LogP contribution is -2.42. The minimum absolute atomic E-state index is 0.125. The fourth-order valence-corrected chi connectivity index (χ4v) is 8.77. The van der Waals surface area contributed by atoms with Gasteiger partial charge in [-0.3, -0.25) is 9.13 Å². The summed E-state index contributed by atoms with van der Waals surface area (Å²) in [5.74, 6) is 4.95. The van der Waals surface area contributed by atoms with Crippen molar-refractivity contribution in [3.05, 3.63) is 79.3 Å². The van der Waals surface area contributed by atoms with Gasteiger partial charge in [-0.05, 0) is 50.7 Å². The molecule has 10 rings (SSSR count). The number of halogens is 1. The summed E-state index contributed by atoms with van der Waals surface area (Å²) in [5.41, 5.74) is 3.34. The highest BCUT2D eigenvalue weighted by molar-refractivity contribution is 5.68. The number of fused-ring (bicyclic) bond motifs is 6. The Labute approximate surface area is 318 Å². The molecular formula is C39H43FN14O. The van der Waals surface area contributed by atoms with Crippen LogP contribution in [0.2, 0.25) is 0 Å². The van der Waals surface area contributed by atoms with Crippen LogP contribution in [0.3, 0.4) is 0 Å². The zero-order chi connectivity index (χ0) is 37.5. The largest absolute Gasteiger partial charge is 0.481 e. The highest BCUT2D eigenvalue weighted by Gasteiger charge is 2.40. The predicted molar refractivity (Wildman–Crippen MR) is 202 cm³/mol. The second-order valence-corrected chi connectivity index (χ2v) is 14.4. The summed E-state index contributed by atoms with van der Waals surface area (Å²) >= 11 is 0. The third-order valence-electron chi connectivity index (χ3n) is 11.3. The van der Waals surface area contributed by atoms with E-state index in [1.807, 2.05) is 27.5 Å². The van der Waals surface area contributed by atoms with Crippen LogP contribution in [0.25, 0.3) is 34.2 Å². The van der Waals surface area contributed by atoms with E-state index in [-0.39, 0.29) is 12.1 Å².